The van der Waals surface area contributed by atoms with Gasteiger partial charge in [-0.3, -0.25) is 0 Å². The van der Waals surface area contributed by atoms with Crippen molar-refractivity contribution in [3.05, 3.63) is 0 Å². The maximum atomic E-state index is 5.80. The van der Waals surface area contributed by atoms with E-state index in [0.717, 1.165) is 19.5 Å². The highest BCUT2D eigenvalue weighted by Crippen LogP contribution is 2.39. The van der Waals surface area contributed by atoms with Crippen molar-refractivity contribution >= 4 is 0 Å². The van der Waals surface area contributed by atoms with Crippen LogP contribution in [-0.2, 0) is 0 Å². The molecule has 1 rings (SSSR count). The summed E-state index contributed by atoms with van der Waals surface area (Å²) in [5.41, 5.74) is 6.39. The minimum Gasteiger partial charge on any atom is -0.327 e. The molecule has 0 aliphatic heterocycles. The molecular formula is C10H22N2. The third-order valence-corrected chi connectivity index (χ3v) is 3.04. The van der Waals surface area contributed by atoms with E-state index < -0.39 is 0 Å². The lowest BCUT2D eigenvalue weighted by Crippen LogP contribution is -2.42. The second-order valence-electron chi connectivity index (χ2n) is 4.46. The summed E-state index contributed by atoms with van der Waals surface area (Å²) < 4.78 is 0. The van der Waals surface area contributed by atoms with Gasteiger partial charge in [0.05, 0.1) is 0 Å². The van der Waals surface area contributed by atoms with Gasteiger partial charge in [0.1, 0.15) is 0 Å². The van der Waals surface area contributed by atoms with E-state index in [2.05, 4.69) is 19.2 Å². The van der Waals surface area contributed by atoms with Gasteiger partial charge in [-0.25, -0.2) is 0 Å². The van der Waals surface area contributed by atoms with E-state index in [1.54, 1.807) is 0 Å². The molecule has 1 saturated carbocycles. The van der Waals surface area contributed by atoms with Crippen LogP contribution in [0.2, 0.25) is 0 Å². The number of nitrogens with two attached hydrogens (primary N) is 1. The average molecular weight is 170 g/mol. The fraction of sp³-hybridized carbons (Fsp3) is 1.00. The second-order valence-corrected chi connectivity index (χ2v) is 4.46. The Hall–Kier alpha value is -0.0800. The van der Waals surface area contributed by atoms with Crippen LogP contribution in [0.15, 0.2) is 0 Å². The van der Waals surface area contributed by atoms with Gasteiger partial charge in [0.2, 0.25) is 0 Å². The van der Waals surface area contributed by atoms with Crippen molar-refractivity contribution in [2.24, 2.45) is 11.1 Å². The summed E-state index contributed by atoms with van der Waals surface area (Å²) in [6.07, 6.45) is 5.27. The van der Waals surface area contributed by atoms with E-state index >= 15 is 0 Å². The molecule has 1 aliphatic rings. The quantitative estimate of drug-likeness (QED) is 0.656. The van der Waals surface area contributed by atoms with Gasteiger partial charge in [-0.15, -0.1) is 0 Å². The fourth-order valence-electron chi connectivity index (χ4n) is 1.66. The maximum Gasteiger partial charge on any atom is 0.0162 e. The number of nitrogens with one attached hydrogen (secondary N) is 1. The summed E-state index contributed by atoms with van der Waals surface area (Å²) >= 11 is 0. The van der Waals surface area contributed by atoms with Crippen molar-refractivity contribution in [3.8, 4) is 0 Å². The lowest BCUT2D eigenvalue weighted by atomic mass is 9.70. The van der Waals surface area contributed by atoms with Crippen molar-refractivity contribution in [2.45, 2.75) is 45.6 Å². The molecule has 1 atom stereocenters. The van der Waals surface area contributed by atoms with Gasteiger partial charge < -0.3 is 11.1 Å². The van der Waals surface area contributed by atoms with Crippen molar-refractivity contribution in [1.29, 1.82) is 0 Å². The molecule has 0 saturated heterocycles. The Kier molecular flexibility index (Phi) is 3.53. The van der Waals surface area contributed by atoms with Gasteiger partial charge >= 0.3 is 0 Å². The van der Waals surface area contributed by atoms with E-state index in [1.165, 1.54) is 19.3 Å². The summed E-state index contributed by atoms with van der Waals surface area (Å²) in [7, 11) is 0. The van der Waals surface area contributed by atoms with E-state index in [9.17, 15) is 0 Å². The van der Waals surface area contributed by atoms with Gasteiger partial charge in [0.15, 0.2) is 0 Å². The molecule has 1 aliphatic carbocycles. The summed E-state index contributed by atoms with van der Waals surface area (Å²) in [4.78, 5) is 0. The van der Waals surface area contributed by atoms with E-state index in [4.69, 9.17) is 5.73 Å². The smallest absolute Gasteiger partial charge is 0.0162 e. The summed E-state index contributed by atoms with van der Waals surface area (Å²) in [6, 6.07) is 0.341. The minimum atomic E-state index is 0.341. The Morgan fingerprint density at radius 1 is 1.50 bits per heavy atom. The first kappa shape index (κ1) is 10.0. The predicted molar refractivity (Wildman–Crippen MR) is 53.1 cm³/mol. The molecule has 2 heteroatoms. The Labute approximate surface area is 75.9 Å². The first-order valence-corrected chi connectivity index (χ1v) is 5.12. The standard InChI is InChI=1S/C10H22N2/c1-3-9(11)7-12-8-10(2)5-4-6-10/h9,12H,3-8,11H2,1-2H3. The Bertz CT molecular complexity index is 130. The normalized spacial score (nSPS) is 23.2. The lowest BCUT2D eigenvalue weighted by molar-refractivity contribution is 0.156. The van der Waals surface area contributed by atoms with Gasteiger partial charge in [-0.1, -0.05) is 20.3 Å². The molecule has 0 amide bonds. The number of hydrogen-bond donors (Lipinski definition) is 2. The summed E-state index contributed by atoms with van der Waals surface area (Å²) in [6.45, 7) is 6.63. The van der Waals surface area contributed by atoms with Crippen LogP contribution in [-0.4, -0.2) is 19.1 Å². The first-order valence-electron chi connectivity index (χ1n) is 5.12. The molecule has 0 bridgehead atoms. The summed E-state index contributed by atoms with van der Waals surface area (Å²) in [5, 5.41) is 3.45. The number of hydrogen-bond acceptors (Lipinski definition) is 2. The summed E-state index contributed by atoms with van der Waals surface area (Å²) in [5.74, 6) is 0. The average Bonchev–Trinajstić information content (AvgIpc) is 2.01. The van der Waals surface area contributed by atoms with Gasteiger partial charge in [-0.05, 0) is 24.7 Å². The molecule has 0 aromatic carbocycles. The zero-order valence-electron chi connectivity index (χ0n) is 8.40. The molecule has 1 unspecified atom stereocenters. The molecule has 0 spiro atoms. The molecule has 2 nitrogen and oxygen atoms in total. The topological polar surface area (TPSA) is 38.0 Å². The molecule has 0 heterocycles. The zero-order chi connectivity index (χ0) is 9.03. The third-order valence-electron chi connectivity index (χ3n) is 3.04. The monoisotopic (exact) mass is 170 g/mol. The molecule has 12 heavy (non-hydrogen) atoms. The van der Waals surface area contributed by atoms with Crippen molar-refractivity contribution in [3.63, 3.8) is 0 Å². The van der Waals surface area contributed by atoms with Crippen LogP contribution in [0, 0.1) is 5.41 Å². The van der Waals surface area contributed by atoms with Gasteiger partial charge in [-0.2, -0.15) is 0 Å². The third kappa shape index (κ3) is 2.76. The fourth-order valence-corrected chi connectivity index (χ4v) is 1.66. The van der Waals surface area contributed by atoms with Gasteiger partial charge in [0, 0.05) is 19.1 Å². The predicted octanol–water partition coefficient (Wildman–Crippen LogP) is 1.50. The molecule has 3 N–H and O–H groups in total. The van der Waals surface area contributed by atoms with Crippen LogP contribution in [0.25, 0.3) is 0 Å². The van der Waals surface area contributed by atoms with E-state index in [-0.39, 0.29) is 0 Å². The van der Waals surface area contributed by atoms with Crippen molar-refractivity contribution in [2.75, 3.05) is 13.1 Å². The van der Waals surface area contributed by atoms with Crippen LogP contribution in [0.1, 0.15) is 39.5 Å². The molecule has 1 fully saturated rings. The number of rotatable bonds is 5. The lowest BCUT2D eigenvalue weighted by Gasteiger charge is -2.38. The highest BCUT2D eigenvalue weighted by Gasteiger charge is 2.30. The van der Waals surface area contributed by atoms with Gasteiger partial charge in [0.25, 0.3) is 0 Å². The molecule has 0 aromatic rings. The largest absolute Gasteiger partial charge is 0.327 e. The van der Waals surface area contributed by atoms with E-state index in [0.29, 0.717) is 11.5 Å². The molecule has 0 aromatic heterocycles. The van der Waals surface area contributed by atoms with Crippen LogP contribution in [0.4, 0.5) is 0 Å². The SMILES string of the molecule is CCC(N)CNCC1(C)CCC1. The van der Waals surface area contributed by atoms with Crippen LogP contribution in [0.5, 0.6) is 0 Å². The zero-order valence-corrected chi connectivity index (χ0v) is 8.40. The van der Waals surface area contributed by atoms with Crippen molar-refractivity contribution in [1.82, 2.24) is 5.32 Å². The van der Waals surface area contributed by atoms with Crippen LogP contribution < -0.4 is 11.1 Å². The first-order chi connectivity index (χ1) is 5.66. The highest BCUT2D eigenvalue weighted by molar-refractivity contribution is 4.85. The minimum absolute atomic E-state index is 0.341. The highest BCUT2D eigenvalue weighted by atomic mass is 14.9. The maximum absolute atomic E-state index is 5.80. The molecule has 72 valence electrons. The molecular weight excluding hydrogens is 148 g/mol. The molecule has 0 radical (unpaired) electrons. The second kappa shape index (κ2) is 4.24. The van der Waals surface area contributed by atoms with Crippen LogP contribution in [0.3, 0.4) is 0 Å². The van der Waals surface area contributed by atoms with E-state index in [1.807, 2.05) is 0 Å². The Balaban J connectivity index is 2.01. The Morgan fingerprint density at radius 2 is 2.17 bits per heavy atom. The van der Waals surface area contributed by atoms with Crippen LogP contribution >= 0.6 is 0 Å². The Morgan fingerprint density at radius 3 is 2.58 bits per heavy atom. The van der Waals surface area contributed by atoms with Crippen molar-refractivity contribution < 1.29 is 0 Å².